The number of fused-ring (bicyclic) bond motifs is 4. The zero-order valence-electron chi connectivity index (χ0n) is 67.5. The summed E-state index contributed by atoms with van der Waals surface area (Å²) in [5, 5.41) is 71.5. The number of phenols is 2. The minimum Gasteiger partial charge on any atom is -0.505 e. The lowest BCUT2D eigenvalue weighted by Gasteiger charge is -2.11. The van der Waals surface area contributed by atoms with Crippen LogP contribution in [0.2, 0.25) is 20.1 Å². The molecule has 0 amide bonds. The van der Waals surface area contributed by atoms with E-state index in [1.54, 1.807) is 47.5 Å². The Hall–Kier alpha value is -15.6. The molecule has 0 radical (unpaired) electrons. The van der Waals surface area contributed by atoms with Crippen LogP contribution in [0.25, 0.3) is 112 Å². The average molecular weight is 1790 g/mol. The fourth-order valence-electron chi connectivity index (χ4n) is 14.0. The summed E-state index contributed by atoms with van der Waals surface area (Å²) in [6.45, 7) is 7.93. The van der Waals surface area contributed by atoms with E-state index in [9.17, 15) is 36.6 Å². The van der Waals surface area contributed by atoms with Crippen LogP contribution in [0.1, 0.15) is 22.3 Å². The fourth-order valence-corrected chi connectivity index (χ4v) is 15.0. The van der Waals surface area contributed by atoms with Gasteiger partial charge in [-0.1, -0.05) is 91.5 Å². The monoisotopic (exact) mass is 1780 g/mol. The number of benzene rings is 12. The number of aromatic hydroxyl groups is 2. The van der Waals surface area contributed by atoms with Gasteiger partial charge < -0.3 is 31.5 Å². The first kappa shape index (κ1) is 84.6. The number of aromatic nitrogens is 16. The summed E-state index contributed by atoms with van der Waals surface area (Å²) in [6, 6.07) is 77.3. The van der Waals surface area contributed by atoms with Crippen molar-refractivity contribution in [3.05, 3.63) is 369 Å². The zero-order valence-corrected chi connectivity index (χ0v) is 70.6. The molecule has 0 spiro atoms. The number of hydrogen-bond acceptors (Lipinski definition) is 18. The van der Waals surface area contributed by atoms with Gasteiger partial charge in [0.05, 0.1) is 92.4 Å². The van der Waals surface area contributed by atoms with Gasteiger partial charge in [0.2, 0.25) is 0 Å². The van der Waals surface area contributed by atoms with Crippen LogP contribution < -0.4 is 21.3 Å². The predicted octanol–water partition coefficient (Wildman–Crippen LogP) is 25.0. The molecule has 0 aliphatic rings. The fraction of sp³-hybridized carbons (Fsp3) is 0.0417. The van der Waals surface area contributed by atoms with E-state index in [0.29, 0.717) is 72.0 Å². The third-order valence-electron chi connectivity index (χ3n) is 20.1. The number of anilines is 8. The van der Waals surface area contributed by atoms with Crippen molar-refractivity contribution in [1.29, 1.82) is 0 Å². The Morgan fingerprint density at radius 1 is 0.281 bits per heavy atom. The maximum absolute atomic E-state index is 13.7. The topological polar surface area (TPSA) is 263 Å². The van der Waals surface area contributed by atoms with Crippen molar-refractivity contribution in [1.82, 2.24) is 79.9 Å². The van der Waals surface area contributed by atoms with Crippen molar-refractivity contribution in [3.63, 3.8) is 0 Å². The summed E-state index contributed by atoms with van der Waals surface area (Å²) in [4.78, 5) is 18.9. The molecule has 632 valence electrons. The van der Waals surface area contributed by atoms with Gasteiger partial charge in [-0.2, -0.15) is 0 Å². The van der Waals surface area contributed by atoms with Crippen molar-refractivity contribution in [2.75, 3.05) is 21.3 Å². The highest BCUT2D eigenvalue weighted by Crippen LogP contribution is 2.37. The maximum Gasteiger partial charge on any atom is 0.187 e. The van der Waals surface area contributed by atoms with Gasteiger partial charge in [-0.3, -0.25) is 0 Å². The van der Waals surface area contributed by atoms with E-state index in [-0.39, 0.29) is 11.5 Å². The normalized spacial score (nSPS) is 11.1. The highest BCUT2D eigenvalue weighted by molar-refractivity contribution is 6.32. The van der Waals surface area contributed by atoms with Crippen molar-refractivity contribution in [3.8, 4) is 79.8 Å². The molecule has 0 bridgehead atoms. The minimum absolute atomic E-state index is 0.0886. The largest absolute Gasteiger partial charge is 0.505 e. The summed E-state index contributed by atoms with van der Waals surface area (Å²) in [6.07, 6.45) is 6.57. The summed E-state index contributed by atoms with van der Waals surface area (Å²) in [5.74, 6) is -6.49. The maximum atomic E-state index is 13.7. The molecule has 8 aromatic heterocycles. The van der Waals surface area contributed by atoms with Gasteiger partial charge >= 0.3 is 0 Å². The van der Waals surface area contributed by atoms with E-state index in [0.717, 1.165) is 146 Å². The Kier molecular flexibility index (Phi) is 24.2. The van der Waals surface area contributed by atoms with Crippen LogP contribution in [0, 0.1) is 62.6 Å². The number of hydrogen-bond donors (Lipinski definition) is 6. The first-order valence-corrected chi connectivity index (χ1v) is 40.7. The van der Waals surface area contributed by atoms with Crippen molar-refractivity contribution in [2.24, 2.45) is 0 Å². The Labute approximate surface area is 745 Å². The highest BCUT2D eigenvalue weighted by Gasteiger charge is 2.20. The van der Waals surface area contributed by atoms with Gasteiger partial charge in [-0.25, -0.2) is 65.0 Å². The SMILES string of the molecule is Cc1cc(Cl)cc(Nc2cccc3nc(-c4cn(-c5cc(F)c(O)c(F)c5)nn4)ccc23)c1.Cc1cc(Cl)cc(Nc2cccc3nc(-c4cn(-c5ccc(F)cc5)nn4)ccc23)c1.Cc1cc(Cl)cc(Nc2cccc3nc(-c4cn(-c5ccc(O)c(F)c5)nn4)ccc23)c1.Cc1cc(Nc2cccc3nc(-c4cn(-c5ccc(F)c(F)c5)nn4)ccc23)ccc1Cl. The molecule has 12 aromatic carbocycles. The van der Waals surface area contributed by atoms with Gasteiger partial charge in [0.15, 0.2) is 40.6 Å². The first-order chi connectivity index (χ1) is 61.8. The second-order valence-electron chi connectivity index (χ2n) is 29.5. The van der Waals surface area contributed by atoms with E-state index in [1.165, 1.54) is 50.6 Å². The van der Waals surface area contributed by atoms with Gasteiger partial charge in [0, 0.05) is 111 Å². The molecule has 128 heavy (non-hydrogen) atoms. The van der Waals surface area contributed by atoms with Gasteiger partial charge in [-0.15, -0.1) is 20.4 Å². The second-order valence-corrected chi connectivity index (χ2v) is 31.2. The molecular weight excluding hydrogens is 1720 g/mol. The third-order valence-corrected chi connectivity index (χ3v) is 21.2. The molecule has 0 aliphatic heterocycles. The average Bonchev–Trinajstić information content (AvgIpc) is 1.34. The number of phenolic OH excluding ortho intramolecular Hbond substituents is 2. The molecule has 6 N–H and O–H groups in total. The lowest BCUT2D eigenvalue weighted by Crippen LogP contribution is -1.97. The van der Waals surface area contributed by atoms with E-state index < -0.39 is 40.6 Å². The predicted molar refractivity (Wildman–Crippen MR) is 489 cm³/mol. The van der Waals surface area contributed by atoms with E-state index in [2.05, 4.69) is 67.5 Å². The Bertz CT molecular complexity index is 7540. The lowest BCUT2D eigenvalue weighted by atomic mass is 10.1. The number of nitrogens with one attached hydrogen (secondary N) is 4. The van der Waals surface area contributed by atoms with Crippen molar-refractivity contribution >= 4 is 136 Å². The molecule has 20 rings (SSSR count). The molecule has 0 aliphatic carbocycles. The molecule has 0 saturated carbocycles. The quantitative estimate of drug-likeness (QED) is 0.0491. The Morgan fingerprint density at radius 2 is 0.617 bits per heavy atom. The van der Waals surface area contributed by atoms with E-state index >= 15 is 0 Å². The standard InChI is InChI=1S/C24H16ClF2N5O.C24H16ClF2N5.C24H17ClFN5O.C24H17ClFN5/c1-13-7-14(25)9-15(8-13)28-20-3-2-4-21-17(20)5-6-22(29-21)23-12-32(31-30-23)16-10-18(26)24(33)19(27)11-16;1-14-11-15(5-8-18(14)25)28-21-3-2-4-22-17(21)7-10-23(29-22)24-13-32(31-30-24)16-6-9-19(26)20(27)12-16;1-14-9-15(25)11-16(10-14)27-20-3-2-4-21-18(20)6-7-22(28-21)23-13-31(30-29-23)17-5-8-24(32)19(26)12-17;1-15-11-16(25)13-18(12-15)27-21-3-2-4-22-20(21)9-10-23(28-22)24-14-31(30-29-24)19-7-5-17(26)6-8-19/h2-12,28,33H,1H3;2-13,28H,1H3;2-13,27,32H,1H3;2-14,27H,1H3. The highest BCUT2D eigenvalue weighted by atomic mass is 35.5. The Morgan fingerprint density at radius 3 is 0.977 bits per heavy atom. The van der Waals surface area contributed by atoms with Crippen LogP contribution in [0.15, 0.2) is 292 Å². The number of nitrogens with zero attached hydrogens (tertiary/aromatic N) is 16. The molecule has 0 saturated heterocycles. The third kappa shape index (κ3) is 19.3. The van der Waals surface area contributed by atoms with Gasteiger partial charge in [0.25, 0.3) is 0 Å². The van der Waals surface area contributed by atoms with Gasteiger partial charge in [-0.05, 0) is 268 Å². The van der Waals surface area contributed by atoms with Crippen LogP contribution >= 0.6 is 46.4 Å². The number of pyridine rings is 4. The van der Waals surface area contributed by atoms with Crippen molar-refractivity contribution < 1.29 is 36.6 Å². The summed E-state index contributed by atoms with van der Waals surface area (Å²) >= 11 is 24.7. The van der Waals surface area contributed by atoms with Crippen LogP contribution in [-0.2, 0) is 0 Å². The molecule has 22 nitrogen and oxygen atoms in total. The van der Waals surface area contributed by atoms with Gasteiger partial charge in [0.1, 0.15) is 28.6 Å². The number of aryl methyl sites for hydroxylation is 4. The summed E-state index contributed by atoms with van der Waals surface area (Å²) in [7, 11) is 0. The molecule has 20 aromatic rings. The zero-order chi connectivity index (χ0) is 89.0. The summed E-state index contributed by atoms with van der Waals surface area (Å²) < 4.78 is 86.6. The summed E-state index contributed by atoms with van der Waals surface area (Å²) in [5.41, 5.74) is 20.8. The van der Waals surface area contributed by atoms with E-state index in [1.807, 2.05) is 216 Å². The second kappa shape index (κ2) is 36.7. The van der Waals surface area contributed by atoms with Crippen LogP contribution in [0.3, 0.4) is 0 Å². The molecule has 8 heterocycles. The van der Waals surface area contributed by atoms with E-state index in [4.69, 9.17) is 61.4 Å². The van der Waals surface area contributed by atoms with Crippen LogP contribution in [0.5, 0.6) is 11.5 Å². The molecular formula is C96H66Cl4F6N20O2. The minimum atomic E-state index is -1.08. The molecule has 0 atom stereocenters. The molecule has 0 fully saturated rings. The van der Waals surface area contributed by atoms with Crippen molar-refractivity contribution in [2.45, 2.75) is 27.7 Å². The number of rotatable bonds is 16. The Balaban J connectivity index is 0.000000120. The first-order valence-electron chi connectivity index (χ1n) is 39.2. The smallest absolute Gasteiger partial charge is 0.187 e. The van der Waals surface area contributed by atoms with Crippen LogP contribution in [0.4, 0.5) is 71.8 Å². The number of halogens is 10. The molecule has 32 heteroatoms. The lowest BCUT2D eigenvalue weighted by molar-refractivity contribution is 0.395. The molecule has 0 unspecified atom stereocenters. The van der Waals surface area contributed by atoms with Crippen LogP contribution in [-0.4, -0.2) is 90.1 Å².